The lowest BCUT2D eigenvalue weighted by atomic mass is 9.90. The van der Waals surface area contributed by atoms with Gasteiger partial charge in [-0.3, -0.25) is 9.69 Å². The van der Waals surface area contributed by atoms with Crippen LogP contribution in [0.15, 0.2) is 18.2 Å². The average molecular weight is 367 g/mol. The van der Waals surface area contributed by atoms with Gasteiger partial charge in [-0.15, -0.1) is 0 Å². The van der Waals surface area contributed by atoms with Gasteiger partial charge in [-0.25, -0.2) is 0 Å². The van der Waals surface area contributed by atoms with Crippen LogP contribution in [0, 0.1) is 0 Å². The quantitative estimate of drug-likeness (QED) is 0.840. The van der Waals surface area contributed by atoms with E-state index in [1.807, 2.05) is 18.2 Å². The molecule has 0 aromatic heterocycles. The van der Waals surface area contributed by atoms with Crippen molar-refractivity contribution in [1.82, 2.24) is 10.2 Å². The van der Waals surface area contributed by atoms with Gasteiger partial charge in [0.05, 0.1) is 20.3 Å². The van der Waals surface area contributed by atoms with Crippen LogP contribution in [0.4, 0.5) is 0 Å². The summed E-state index contributed by atoms with van der Waals surface area (Å²) in [6.45, 7) is 3.76. The van der Waals surface area contributed by atoms with Gasteiger partial charge in [-0.1, -0.05) is 30.5 Å². The lowest BCUT2D eigenvalue weighted by Gasteiger charge is -2.43. The van der Waals surface area contributed by atoms with Crippen LogP contribution < -0.4 is 10.1 Å². The molecule has 25 heavy (non-hydrogen) atoms. The molecular formula is C19H27ClN2O3. The molecule has 2 aliphatic rings. The largest absolute Gasteiger partial charge is 0.496 e. The van der Waals surface area contributed by atoms with Gasteiger partial charge >= 0.3 is 0 Å². The second-order valence-corrected chi connectivity index (χ2v) is 7.31. The Bertz CT molecular complexity index is 596. The highest BCUT2D eigenvalue weighted by Gasteiger charge is 2.41. The molecule has 1 saturated heterocycles. The molecule has 1 aliphatic heterocycles. The Morgan fingerprint density at radius 3 is 2.72 bits per heavy atom. The minimum absolute atomic E-state index is 0.00156. The van der Waals surface area contributed by atoms with E-state index in [1.54, 1.807) is 7.11 Å². The number of nitrogens with zero attached hydrogens (tertiary/aromatic N) is 1. The number of amides is 1. The number of carbonyl (C=O) groups is 1. The summed E-state index contributed by atoms with van der Waals surface area (Å²) in [6.07, 6.45) is 5.12. The second kappa shape index (κ2) is 8.39. The van der Waals surface area contributed by atoms with Crippen molar-refractivity contribution in [2.24, 2.45) is 0 Å². The van der Waals surface area contributed by atoms with Gasteiger partial charge in [0.2, 0.25) is 5.91 Å². The van der Waals surface area contributed by atoms with Gasteiger partial charge in [-0.05, 0) is 25.0 Å². The number of benzene rings is 1. The van der Waals surface area contributed by atoms with Crippen LogP contribution in [-0.4, -0.2) is 49.8 Å². The van der Waals surface area contributed by atoms with Crippen LogP contribution in [0.1, 0.15) is 37.7 Å². The number of halogens is 1. The number of hydrogen-bond acceptors (Lipinski definition) is 4. The van der Waals surface area contributed by atoms with E-state index in [-0.39, 0.29) is 11.4 Å². The molecule has 2 fully saturated rings. The molecule has 0 spiro atoms. The smallest absolute Gasteiger partial charge is 0.222 e. The molecule has 1 heterocycles. The molecule has 1 amide bonds. The van der Waals surface area contributed by atoms with Gasteiger partial charge < -0.3 is 14.8 Å². The first-order chi connectivity index (χ1) is 12.1. The Balaban J connectivity index is 1.63. The monoisotopic (exact) mass is 366 g/mol. The molecule has 1 aliphatic carbocycles. The number of carbonyl (C=O) groups excluding carboxylic acids is 1. The first kappa shape index (κ1) is 18.5. The van der Waals surface area contributed by atoms with E-state index in [2.05, 4.69) is 10.2 Å². The number of rotatable bonds is 6. The third-order valence-corrected chi connectivity index (χ3v) is 5.82. The number of methoxy groups -OCH3 is 1. The molecule has 1 N–H and O–H groups in total. The first-order valence-electron chi connectivity index (χ1n) is 9.05. The predicted octanol–water partition coefficient (Wildman–Crippen LogP) is 3.00. The molecule has 1 saturated carbocycles. The zero-order chi connectivity index (χ0) is 17.7. The second-order valence-electron chi connectivity index (χ2n) is 6.91. The molecule has 1 aromatic carbocycles. The summed E-state index contributed by atoms with van der Waals surface area (Å²) < 4.78 is 10.8. The number of nitrogens with one attached hydrogen (secondary N) is 1. The third kappa shape index (κ3) is 4.27. The lowest BCUT2D eigenvalue weighted by Crippen LogP contribution is -2.53. The third-order valence-electron chi connectivity index (χ3n) is 5.46. The molecule has 3 rings (SSSR count). The fourth-order valence-corrected chi connectivity index (χ4v) is 4.36. The maximum Gasteiger partial charge on any atom is 0.222 e. The summed E-state index contributed by atoms with van der Waals surface area (Å²) in [5.74, 6) is 0.784. The van der Waals surface area contributed by atoms with E-state index in [9.17, 15) is 4.79 Å². The Hall–Kier alpha value is -1.30. The van der Waals surface area contributed by atoms with E-state index >= 15 is 0 Å². The van der Waals surface area contributed by atoms with E-state index in [0.29, 0.717) is 23.7 Å². The SMILES string of the molecule is COc1cccc(Cl)c1CNC(=O)CC1(N2CCOCC2)CCCC1. The highest BCUT2D eigenvalue weighted by atomic mass is 35.5. The zero-order valence-corrected chi connectivity index (χ0v) is 15.6. The molecule has 0 atom stereocenters. The molecule has 6 heteroatoms. The zero-order valence-electron chi connectivity index (χ0n) is 14.9. The summed E-state index contributed by atoms with van der Waals surface area (Å²) in [5.41, 5.74) is 0.824. The van der Waals surface area contributed by atoms with Gasteiger partial charge in [-0.2, -0.15) is 0 Å². The Morgan fingerprint density at radius 2 is 2.04 bits per heavy atom. The van der Waals surface area contributed by atoms with Gasteiger partial charge in [0.25, 0.3) is 0 Å². The molecule has 1 aromatic rings. The standard InChI is InChI=1S/C19H27ClN2O3/c1-24-17-6-4-5-16(20)15(17)14-21-18(23)13-19(7-2-3-8-19)22-9-11-25-12-10-22/h4-6H,2-3,7-14H2,1H3,(H,21,23). The summed E-state index contributed by atoms with van der Waals surface area (Å²) in [4.78, 5) is 15.1. The fourth-order valence-electron chi connectivity index (χ4n) is 4.13. The normalized spacial score (nSPS) is 20.4. The summed E-state index contributed by atoms with van der Waals surface area (Å²) in [7, 11) is 1.61. The molecule has 0 radical (unpaired) electrons. The maximum atomic E-state index is 12.7. The van der Waals surface area contributed by atoms with Crippen molar-refractivity contribution < 1.29 is 14.3 Å². The average Bonchev–Trinajstić information content (AvgIpc) is 3.11. The topological polar surface area (TPSA) is 50.8 Å². The fraction of sp³-hybridized carbons (Fsp3) is 0.632. The summed E-state index contributed by atoms with van der Waals surface area (Å²) >= 11 is 6.26. The van der Waals surface area contributed by atoms with Gasteiger partial charge in [0.1, 0.15) is 5.75 Å². The van der Waals surface area contributed by atoms with Gasteiger partial charge in [0.15, 0.2) is 0 Å². The van der Waals surface area contributed by atoms with Crippen molar-refractivity contribution in [1.29, 1.82) is 0 Å². The lowest BCUT2D eigenvalue weighted by molar-refractivity contribution is -0.125. The Kier molecular flexibility index (Phi) is 6.20. The van der Waals surface area contributed by atoms with Crippen LogP contribution in [0.3, 0.4) is 0 Å². The van der Waals surface area contributed by atoms with E-state index in [4.69, 9.17) is 21.1 Å². The Morgan fingerprint density at radius 1 is 1.32 bits per heavy atom. The maximum absolute atomic E-state index is 12.7. The van der Waals surface area contributed by atoms with Crippen molar-refractivity contribution in [3.8, 4) is 5.75 Å². The molecule has 0 unspecified atom stereocenters. The van der Waals surface area contributed by atoms with Crippen LogP contribution in [0.2, 0.25) is 5.02 Å². The first-order valence-corrected chi connectivity index (χ1v) is 9.43. The summed E-state index contributed by atoms with van der Waals surface area (Å²) in [5, 5.41) is 3.66. The highest BCUT2D eigenvalue weighted by molar-refractivity contribution is 6.31. The molecular weight excluding hydrogens is 340 g/mol. The number of ether oxygens (including phenoxy) is 2. The van der Waals surface area contributed by atoms with E-state index in [1.165, 1.54) is 12.8 Å². The number of hydrogen-bond donors (Lipinski definition) is 1. The number of morpholine rings is 1. The van der Waals surface area contributed by atoms with E-state index in [0.717, 1.165) is 44.7 Å². The minimum atomic E-state index is -0.00156. The molecule has 5 nitrogen and oxygen atoms in total. The molecule has 138 valence electrons. The van der Waals surface area contributed by atoms with Crippen molar-refractivity contribution in [3.63, 3.8) is 0 Å². The summed E-state index contributed by atoms with van der Waals surface area (Å²) in [6, 6.07) is 5.52. The van der Waals surface area contributed by atoms with Crippen LogP contribution in [0.5, 0.6) is 5.75 Å². The highest BCUT2D eigenvalue weighted by Crippen LogP contribution is 2.38. The Labute approximate surface area is 154 Å². The van der Waals surface area contributed by atoms with E-state index < -0.39 is 0 Å². The van der Waals surface area contributed by atoms with Crippen molar-refractivity contribution in [2.45, 2.75) is 44.2 Å². The van der Waals surface area contributed by atoms with Gasteiger partial charge in [0, 0.05) is 42.2 Å². The minimum Gasteiger partial charge on any atom is -0.496 e. The van der Waals surface area contributed by atoms with Crippen molar-refractivity contribution in [2.75, 3.05) is 33.4 Å². The van der Waals surface area contributed by atoms with Crippen LogP contribution >= 0.6 is 11.6 Å². The molecule has 0 bridgehead atoms. The van der Waals surface area contributed by atoms with Crippen molar-refractivity contribution in [3.05, 3.63) is 28.8 Å². The predicted molar refractivity (Wildman–Crippen MR) is 98.1 cm³/mol. The van der Waals surface area contributed by atoms with Crippen LogP contribution in [-0.2, 0) is 16.1 Å². The van der Waals surface area contributed by atoms with Crippen LogP contribution in [0.25, 0.3) is 0 Å². The van der Waals surface area contributed by atoms with Crippen molar-refractivity contribution >= 4 is 17.5 Å².